The van der Waals surface area contributed by atoms with Crippen LogP contribution in [0.4, 0.5) is 5.95 Å². The first-order valence-electron chi connectivity index (χ1n) is 6.18. The van der Waals surface area contributed by atoms with Crippen molar-refractivity contribution in [2.75, 3.05) is 11.9 Å². The van der Waals surface area contributed by atoms with E-state index in [1.807, 2.05) is 0 Å². The summed E-state index contributed by atoms with van der Waals surface area (Å²) in [5.41, 5.74) is 0.428. The van der Waals surface area contributed by atoms with Gasteiger partial charge in [0.25, 0.3) is 0 Å². The van der Waals surface area contributed by atoms with Crippen molar-refractivity contribution in [3.05, 3.63) is 24.0 Å². The van der Waals surface area contributed by atoms with Crippen molar-refractivity contribution in [3.8, 4) is 5.95 Å². The molecule has 6 nitrogen and oxygen atoms in total. The van der Waals surface area contributed by atoms with Crippen LogP contribution in [0.5, 0.6) is 0 Å². The maximum atomic E-state index is 5.92. The van der Waals surface area contributed by atoms with E-state index in [1.54, 1.807) is 23.3 Å². The zero-order chi connectivity index (χ0) is 13.5. The second-order valence-corrected chi connectivity index (χ2v) is 5.81. The second-order valence-electron chi connectivity index (χ2n) is 5.47. The molecule has 0 radical (unpaired) electrons. The Morgan fingerprint density at radius 1 is 1.42 bits per heavy atom. The summed E-state index contributed by atoms with van der Waals surface area (Å²) in [7, 11) is 0. The van der Waals surface area contributed by atoms with Crippen molar-refractivity contribution < 1.29 is 0 Å². The lowest BCUT2D eigenvalue weighted by molar-refractivity contribution is 0.572. The van der Waals surface area contributed by atoms with Crippen molar-refractivity contribution >= 4 is 17.5 Å². The molecule has 2 heterocycles. The molecule has 1 aliphatic rings. The summed E-state index contributed by atoms with van der Waals surface area (Å²) in [4.78, 5) is 16.5. The molecule has 3 rings (SSSR count). The normalized spacial score (nSPS) is 20.3. The molecule has 19 heavy (non-hydrogen) atoms. The van der Waals surface area contributed by atoms with E-state index >= 15 is 0 Å². The third kappa shape index (κ3) is 2.68. The van der Waals surface area contributed by atoms with Crippen LogP contribution >= 0.6 is 11.6 Å². The topological polar surface area (TPSA) is 68.5 Å². The Morgan fingerprint density at radius 2 is 2.21 bits per heavy atom. The monoisotopic (exact) mass is 278 g/mol. The lowest BCUT2D eigenvalue weighted by atomic mass is 10.1. The van der Waals surface area contributed by atoms with Crippen molar-refractivity contribution in [2.45, 2.75) is 20.3 Å². The molecule has 0 spiro atoms. The number of halogens is 1. The van der Waals surface area contributed by atoms with Gasteiger partial charge in [-0.25, -0.2) is 4.98 Å². The van der Waals surface area contributed by atoms with Crippen LogP contribution in [0.2, 0.25) is 5.28 Å². The molecular weight excluding hydrogens is 264 g/mol. The highest BCUT2D eigenvalue weighted by Crippen LogP contribution is 2.51. The summed E-state index contributed by atoms with van der Waals surface area (Å²) in [5.74, 6) is 1.64. The fourth-order valence-electron chi connectivity index (χ4n) is 2.05. The zero-order valence-corrected chi connectivity index (χ0v) is 11.6. The Labute approximate surface area is 116 Å². The first-order valence-corrected chi connectivity index (χ1v) is 6.56. The number of imidazole rings is 1. The molecule has 0 amide bonds. The highest BCUT2D eigenvalue weighted by molar-refractivity contribution is 6.28. The van der Waals surface area contributed by atoms with E-state index in [0.717, 1.165) is 6.54 Å². The van der Waals surface area contributed by atoms with Gasteiger partial charge in [0, 0.05) is 18.9 Å². The van der Waals surface area contributed by atoms with Crippen LogP contribution in [0.3, 0.4) is 0 Å². The number of nitrogens with zero attached hydrogens (tertiary/aromatic N) is 5. The van der Waals surface area contributed by atoms with Gasteiger partial charge < -0.3 is 5.32 Å². The number of hydrogen-bond donors (Lipinski definition) is 1. The smallest absolute Gasteiger partial charge is 0.241 e. The van der Waals surface area contributed by atoms with Crippen LogP contribution in [0.1, 0.15) is 20.3 Å². The average Bonchev–Trinajstić information content (AvgIpc) is 2.81. The highest BCUT2D eigenvalue weighted by atomic mass is 35.5. The van der Waals surface area contributed by atoms with Gasteiger partial charge in [-0.3, -0.25) is 4.57 Å². The Morgan fingerprint density at radius 3 is 2.84 bits per heavy atom. The first kappa shape index (κ1) is 12.3. The molecule has 1 saturated carbocycles. The van der Waals surface area contributed by atoms with Gasteiger partial charge in [0.1, 0.15) is 6.33 Å². The minimum Gasteiger partial charge on any atom is -0.354 e. The molecule has 1 atom stereocenters. The molecule has 0 bridgehead atoms. The third-order valence-electron chi connectivity index (χ3n) is 3.56. The van der Waals surface area contributed by atoms with Crippen LogP contribution in [-0.4, -0.2) is 31.0 Å². The molecule has 0 aliphatic heterocycles. The quantitative estimate of drug-likeness (QED) is 0.928. The lowest BCUT2D eigenvalue weighted by Gasteiger charge is -2.07. The maximum absolute atomic E-state index is 5.92. The lowest BCUT2D eigenvalue weighted by Crippen LogP contribution is -2.12. The van der Waals surface area contributed by atoms with Crippen LogP contribution in [0, 0.1) is 11.3 Å². The molecule has 7 heteroatoms. The van der Waals surface area contributed by atoms with Gasteiger partial charge in [0.15, 0.2) is 0 Å². The van der Waals surface area contributed by atoms with E-state index in [2.05, 4.69) is 39.1 Å². The highest BCUT2D eigenvalue weighted by Gasteiger charge is 2.45. The minimum absolute atomic E-state index is 0.177. The second kappa shape index (κ2) is 4.45. The molecule has 1 aliphatic carbocycles. The number of hydrogen-bond acceptors (Lipinski definition) is 5. The summed E-state index contributed by atoms with van der Waals surface area (Å²) < 4.78 is 1.69. The van der Waals surface area contributed by atoms with E-state index in [9.17, 15) is 0 Å². The predicted octanol–water partition coefficient (Wildman–Crippen LogP) is 2.17. The molecule has 0 aromatic carbocycles. The van der Waals surface area contributed by atoms with Crippen molar-refractivity contribution in [1.29, 1.82) is 0 Å². The molecule has 0 saturated heterocycles. The minimum atomic E-state index is 0.177. The summed E-state index contributed by atoms with van der Waals surface area (Å²) in [5, 5.41) is 3.40. The fraction of sp³-hybridized carbons (Fsp3) is 0.500. The van der Waals surface area contributed by atoms with Crippen molar-refractivity contribution in [3.63, 3.8) is 0 Å². The molecule has 100 valence electrons. The van der Waals surface area contributed by atoms with Crippen LogP contribution in [-0.2, 0) is 0 Å². The van der Waals surface area contributed by atoms with Gasteiger partial charge in [-0.2, -0.15) is 15.0 Å². The van der Waals surface area contributed by atoms with Gasteiger partial charge >= 0.3 is 0 Å². The number of nitrogens with one attached hydrogen (secondary N) is 1. The molecular formula is C12H15ClN6. The van der Waals surface area contributed by atoms with E-state index in [1.165, 1.54) is 6.42 Å². The SMILES string of the molecule is CC1(C)CC1CNc1nc(Cl)nc(-n2ccnc2)n1. The summed E-state index contributed by atoms with van der Waals surface area (Å²) in [6.45, 7) is 5.38. The van der Waals surface area contributed by atoms with Gasteiger partial charge in [0.2, 0.25) is 17.2 Å². The Balaban J connectivity index is 1.75. The number of anilines is 1. The van der Waals surface area contributed by atoms with E-state index in [-0.39, 0.29) is 5.28 Å². The Hall–Kier alpha value is -1.69. The zero-order valence-electron chi connectivity index (χ0n) is 10.8. The van der Waals surface area contributed by atoms with Gasteiger partial charge in [0.05, 0.1) is 0 Å². The summed E-state index contributed by atoms with van der Waals surface area (Å²) in [6, 6.07) is 0. The van der Waals surface area contributed by atoms with Crippen LogP contribution in [0.25, 0.3) is 5.95 Å². The van der Waals surface area contributed by atoms with Crippen molar-refractivity contribution in [1.82, 2.24) is 24.5 Å². The standard InChI is InChI=1S/C12H15ClN6/c1-12(2)5-8(12)6-15-10-16-9(13)17-11(18-10)19-4-3-14-7-19/h3-4,7-8H,5-6H2,1-2H3,(H,15,16,17,18). The van der Waals surface area contributed by atoms with Gasteiger partial charge in [-0.1, -0.05) is 13.8 Å². The van der Waals surface area contributed by atoms with Crippen LogP contribution < -0.4 is 5.32 Å². The Bertz CT molecular complexity index is 580. The van der Waals surface area contributed by atoms with Crippen LogP contribution in [0.15, 0.2) is 18.7 Å². The van der Waals surface area contributed by atoms with E-state index < -0.39 is 0 Å². The Kier molecular flexibility index (Phi) is 2.89. The van der Waals surface area contributed by atoms with Gasteiger partial charge in [-0.05, 0) is 29.4 Å². The summed E-state index contributed by atoms with van der Waals surface area (Å²) in [6.07, 6.45) is 6.28. The largest absolute Gasteiger partial charge is 0.354 e. The molecule has 1 N–H and O–H groups in total. The molecule has 2 aromatic rings. The number of aromatic nitrogens is 5. The molecule has 1 unspecified atom stereocenters. The van der Waals surface area contributed by atoms with Gasteiger partial charge in [-0.15, -0.1) is 0 Å². The molecule has 2 aromatic heterocycles. The molecule has 1 fully saturated rings. The van der Waals surface area contributed by atoms with E-state index in [4.69, 9.17) is 11.6 Å². The predicted molar refractivity (Wildman–Crippen MR) is 72.3 cm³/mol. The van der Waals surface area contributed by atoms with E-state index in [0.29, 0.717) is 23.2 Å². The maximum Gasteiger partial charge on any atom is 0.241 e. The fourth-order valence-corrected chi connectivity index (χ4v) is 2.21. The number of rotatable bonds is 4. The third-order valence-corrected chi connectivity index (χ3v) is 3.72. The summed E-state index contributed by atoms with van der Waals surface area (Å²) >= 11 is 5.92. The average molecular weight is 279 g/mol. The van der Waals surface area contributed by atoms with Crippen molar-refractivity contribution in [2.24, 2.45) is 11.3 Å². The first-order chi connectivity index (χ1) is 9.04.